The van der Waals surface area contributed by atoms with Gasteiger partial charge in [-0.1, -0.05) is 207 Å². The van der Waals surface area contributed by atoms with Gasteiger partial charge in [0.15, 0.2) is 0 Å². The van der Waals surface area contributed by atoms with Crippen molar-refractivity contribution in [3.8, 4) is 0 Å². The predicted molar refractivity (Wildman–Crippen MR) is 243 cm³/mol. The van der Waals surface area contributed by atoms with E-state index in [2.05, 4.69) is 116 Å². The number of carbonyl (C=O) groups excluding carboxylic acids is 1. The molecule has 0 bridgehead atoms. The fraction of sp³-hybridized carbons (Fsp3) is 0.627. The molecular formula is C51H85NO3. The van der Waals surface area contributed by atoms with Crippen molar-refractivity contribution in [3.05, 3.63) is 109 Å². The molecule has 312 valence electrons. The number of hydrogen-bond acceptors (Lipinski definition) is 3. The average Bonchev–Trinajstić information content (AvgIpc) is 3.19. The van der Waals surface area contributed by atoms with E-state index < -0.39 is 12.1 Å². The molecule has 3 N–H and O–H groups in total. The molecule has 0 aromatic heterocycles. The molecule has 0 rings (SSSR count). The minimum absolute atomic E-state index is 0.0854. The summed E-state index contributed by atoms with van der Waals surface area (Å²) in [5, 5.41) is 22.9. The first-order valence-electron chi connectivity index (χ1n) is 22.6. The third kappa shape index (κ3) is 42.0. The van der Waals surface area contributed by atoms with Crippen molar-refractivity contribution in [1.29, 1.82) is 0 Å². The number of aliphatic hydroxyl groups is 2. The molecule has 1 amide bonds. The maximum Gasteiger partial charge on any atom is 0.220 e. The molecule has 2 unspecified atom stereocenters. The summed E-state index contributed by atoms with van der Waals surface area (Å²) in [6.45, 7) is 4.16. The first-order chi connectivity index (χ1) is 27.2. The van der Waals surface area contributed by atoms with Gasteiger partial charge < -0.3 is 15.5 Å². The summed E-state index contributed by atoms with van der Waals surface area (Å²) in [6.07, 6.45) is 69.1. The summed E-state index contributed by atoms with van der Waals surface area (Å²) in [6, 6.07) is -0.637. The van der Waals surface area contributed by atoms with Gasteiger partial charge in [-0.3, -0.25) is 4.79 Å². The standard InChI is InChI=1S/C51H85NO3/c1-3-5-7-9-11-13-15-17-18-19-20-21-22-23-24-25-26-27-28-29-30-31-32-33-34-35-37-39-41-43-45-47-51(55)52-49(48-53)50(54)46-44-42-40-38-36-16-14-12-10-8-6-4-2/h5,7,11,13,17-18,20-21,23-24,26-27,29-30,32-33,44,46,49-50,53-54H,3-4,6,8-10,12,14-16,19,22,25,28,31,34-43,45,47-48H2,1-2H3,(H,52,55)/b7-5-,13-11-,18-17-,21-20-,24-23-,27-26-,30-29-,33-32-,46-44+. The molecule has 0 heterocycles. The molecule has 0 aromatic rings. The van der Waals surface area contributed by atoms with Crippen LogP contribution in [0.15, 0.2) is 109 Å². The molecule has 2 atom stereocenters. The van der Waals surface area contributed by atoms with Gasteiger partial charge in [0.2, 0.25) is 5.91 Å². The molecular weight excluding hydrogens is 675 g/mol. The van der Waals surface area contributed by atoms with Crippen LogP contribution in [-0.4, -0.2) is 34.9 Å². The van der Waals surface area contributed by atoms with Crippen LogP contribution in [0, 0.1) is 0 Å². The molecule has 4 nitrogen and oxygen atoms in total. The summed E-state index contributed by atoms with van der Waals surface area (Å²) in [4.78, 5) is 12.4. The van der Waals surface area contributed by atoms with E-state index in [0.29, 0.717) is 6.42 Å². The van der Waals surface area contributed by atoms with Gasteiger partial charge in [-0.2, -0.15) is 0 Å². The highest BCUT2D eigenvalue weighted by atomic mass is 16.3. The molecule has 0 aliphatic rings. The van der Waals surface area contributed by atoms with Gasteiger partial charge >= 0.3 is 0 Å². The molecule has 0 radical (unpaired) electrons. The highest BCUT2D eigenvalue weighted by Gasteiger charge is 2.17. The van der Waals surface area contributed by atoms with Crippen molar-refractivity contribution in [2.75, 3.05) is 6.61 Å². The fourth-order valence-corrected chi connectivity index (χ4v) is 6.07. The number of aliphatic hydroxyl groups excluding tert-OH is 2. The number of unbranched alkanes of at least 4 members (excludes halogenated alkanes) is 16. The van der Waals surface area contributed by atoms with Crippen LogP contribution in [-0.2, 0) is 4.79 Å². The number of rotatable bonds is 39. The Hall–Kier alpha value is -2.95. The Morgan fingerprint density at radius 3 is 1.20 bits per heavy atom. The van der Waals surface area contributed by atoms with E-state index in [1.807, 2.05) is 6.08 Å². The zero-order chi connectivity index (χ0) is 40.0. The average molecular weight is 760 g/mol. The van der Waals surface area contributed by atoms with Crippen LogP contribution >= 0.6 is 0 Å². The fourth-order valence-electron chi connectivity index (χ4n) is 6.07. The molecule has 0 aliphatic carbocycles. The second-order valence-corrected chi connectivity index (χ2v) is 14.7. The van der Waals surface area contributed by atoms with Crippen LogP contribution in [0.1, 0.15) is 187 Å². The maximum atomic E-state index is 12.4. The van der Waals surface area contributed by atoms with Crippen LogP contribution in [0.4, 0.5) is 0 Å². The number of amides is 1. The normalized spacial score (nSPS) is 14.0. The first kappa shape index (κ1) is 52.0. The lowest BCUT2D eigenvalue weighted by molar-refractivity contribution is -0.123. The Kier molecular flexibility index (Phi) is 43.0. The Labute approximate surface area is 340 Å². The van der Waals surface area contributed by atoms with E-state index in [1.54, 1.807) is 6.08 Å². The Balaban J connectivity index is 3.68. The summed E-state index contributed by atoms with van der Waals surface area (Å²) >= 11 is 0. The molecule has 0 aliphatic heterocycles. The van der Waals surface area contributed by atoms with E-state index in [-0.39, 0.29) is 12.5 Å². The highest BCUT2D eigenvalue weighted by Crippen LogP contribution is 2.12. The van der Waals surface area contributed by atoms with Gasteiger partial charge in [-0.15, -0.1) is 0 Å². The van der Waals surface area contributed by atoms with Crippen molar-refractivity contribution in [3.63, 3.8) is 0 Å². The SMILES string of the molecule is CC/C=C\C/C=C\C/C=C\C/C=C\C/C=C\C/C=C\C/C=C\C/C=C\CCCCCCCCC(=O)NC(CO)C(O)/C=C/CCCCCCCCCCCC. The lowest BCUT2D eigenvalue weighted by atomic mass is 10.1. The molecule has 4 heteroatoms. The van der Waals surface area contributed by atoms with Crippen LogP contribution in [0.3, 0.4) is 0 Å². The van der Waals surface area contributed by atoms with Gasteiger partial charge in [0.1, 0.15) is 0 Å². The second kappa shape index (κ2) is 45.4. The largest absolute Gasteiger partial charge is 0.394 e. The zero-order valence-corrected chi connectivity index (χ0v) is 35.6. The van der Waals surface area contributed by atoms with Gasteiger partial charge in [-0.05, 0) is 83.5 Å². The number of nitrogens with one attached hydrogen (secondary N) is 1. The van der Waals surface area contributed by atoms with E-state index >= 15 is 0 Å². The van der Waals surface area contributed by atoms with Crippen LogP contribution < -0.4 is 5.32 Å². The molecule has 0 fully saturated rings. The first-order valence-corrected chi connectivity index (χ1v) is 22.6. The molecule has 0 saturated heterocycles. The maximum absolute atomic E-state index is 12.4. The van der Waals surface area contributed by atoms with Gasteiger partial charge in [0.25, 0.3) is 0 Å². The topological polar surface area (TPSA) is 69.6 Å². The van der Waals surface area contributed by atoms with Crippen LogP contribution in [0.25, 0.3) is 0 Å². The van der Waals surface area contributed by atoms with Crippen LogP contribution in [0.5, 0.6) is 0 Å². The second-order valence-electron chi connectivity index (χ2n) is 14.7. The monoisotopic (exact) mass is 760 g/mol. The number of hydrogen-bond donors (Lipinski definition) is 3. The van der Waals surface area contributed by atoms with E-state index in [0.717, 1.165) is 89.9 Å². The lowest BCUT2D eigenvalue weighted by Gasteiger charge is -2.20. The van der Waals surface area contributed by atoms with Crippen LogP contribution in [0.2, 0.25) is 0 Å². The summed E-state index contributed by atoms with van der Waals surface area (Å²) < 4.78 is 0. The molecule has 0 aromatic carbocycles. The molecule has 0 saturated carbocycles. The number of allylic oxidation sites excluding steroid dienone is 17. The Bertz CT molecular complexity index is 1090. The van der Waals surface area contributed by atoms with E-state index in [9.17, 15) is 15.0 Å². The van der Waals surface area contributed by atoms with E-state index in [1.165, 1.54) is 77.0 Å². The zero-order valence-electron chi connectivity index (χ0n) is 35.6. The number of carbonyl (C=O) groups is 1. The van der Waals surface area contributed by atoms with Gasteiger partial charge in [0, 0.05) is 6.42 Å². The minimum Gasteiger partial charge on any atom is -0.394 e. The quantitative estimate of drug-likeness (QED) is 0.0432. The summed E-state index contributed by atoms with van der Waals surface area (Å²) in [7, 11) is 0. The molecule has 55 heavy (non-hydrogen) atoms. The summed E-state index contributed by atoms with van der Waals surface area (Å²) in [5.74, 6) is -0.0854. The third-order valence-electron chi connectivity index (χ3n) is 9.51. The highest BCUT2D eigenvalue weighted by molar-refractivity contribution is 5.76. The van der Waals surface area contributed by atoms with Crippen molar-refractivity contribution in [1.82, 2.24) is 5.32 Å². The minimum atomic E-state index is -0.851. The van der Waals surface area contributed by atoms with Gasteiger partial charge in [0.05, 0.1) is 18.8 Å². The smallest absolute Gasteiger partial charge is 0.220 e. The van der Waals surface area contributed by atoms with Crippen molar-refractivity contribution in [2.45, 2.75) is 199 Å². The predicted octanol–water partition coefficient (Wildman–Crippen LogP) is 14.4. The Morgan fingerprint density at radius 2 is 0.800 bits per heavy atom. The van der Waals surface area contributed by atoms with Crippen molar-refractivity contribution in [2.24, 2.45) is 0 Å². The third-order valence-corrected chi connectivity index (χ3v) is 9.51. The van der Waals surface area contributed by atoms with E-state index in [4.69, 9.17) is 0 Å². The lowest BCUT2D eigenvalue weighted by Crippen LogP contribution is -2.45. The van der Waals surface area contributed by atoms with Gasteiger partial charge in [-0.25, -0.2) is 0 Å². The Morgan fingerprint density at radius 1 is 0.455 bits per heavy atom. The summed E-state index contributed by atoms with van der Waals surface area (Å²) in [5.41, 5.74) is 0. The molecule has 0 spiro atoms. The van der Waals surface area contributed by atoms with Crippen molar-refractivity contribution >= 4 is 5.91 Å². The van der Waals surface area contributed by atoms with Crippen molar-refractivity contribution < 1.29 is 15.0 Å².